The Labute approximate surface area is 143 Å². The van der Waals surface area contributed by atoms with Crippen molar-refractivity contribution in [3.63, 3.8) is 0 Å². The number of anilines is 1. The molecule has 0 radical (unpaired) electrons. The van der Waals surface area contributed by atoms with Gasteiger partial charge in [0, 0.05) is 18.7 Å². The first-order valence-corrected chi connectivity index (χ1v) is 8.85. The number of methoxy groups -OCH3 is 1. The van der Waals surface area contributed by atoms with Crippen LogP contribution >= 0.6 is 23.4 Å². The van der Waals surface area contributed by atoms with Gasteiger partial charge in [0.15, 0.2) is 5.82 Å². The zero-order valence-electron chi connectivity index (χ0n) is 12.8. The lowest BCUT2D eigenvalue weighted by atomic mass is 10.1. The van der Waals surface area contributed by atoms with E-state index in [4.69, 9.17) is 20.9 Å². The maximum atomic E-state index is 12.3. The molecule has 1 aromatic carbocycles. The lowest BCUT2D eigenvalue weighted by molar-refractivity contribution is -0.117. The molecular formula is C15H16ClN3O3S. The van der Waals surface area contributed by atoms with Crippen LogP contribution in [0.1, 0.15) is 24.1 Å². The van der Waals surface area contributed by atoms with Crippen LogP contribution in [0.25, 0.3) is 0 Å². The molecule has 1 amide bonds. The molecule has 1 saturated heterocycles. The van der Waals surface area contributed by atoms with Gasteiger partial charge in [-0.15, -0.1) is 0 Å². The SMILES string of the molecule is COc1ccc(N2C[C@@H](c3nc(CSC)no3)CC2=O)cc1Cl. The minimum atomic E-state index is -0.0912. The van der Waals surface area contributed by atoms with Gasteiger partial charge in [0.1, 0.15) is 5.75 Å². The molecule has 0 aliphatic carbocycles. The second-order valence-corrected chi connectivity index (χ2v) is 6.48. The molecule has 6 nitrogen and oxygen atoms in total. The van der Waals surface area contributed by atoms with Gasteiger partial charge >= 0.3 is 0 Å². The molecule has 3 rings (SSSR count). The van der Waals surface area contributed by atoms with Crippen molar-refractivity contribution in [3.8, 4) is 5.75 Å². The van der Waals surface area contributed by atoms with Crippen LogP contribution in [0, 0.1) is 0 Å². The minimum absolute atomic E-state index is 0.0147. The average molecular weight is 354 g/mol. The first kappa shape index (κ1) is 16.1. The summed E-state index contributed by atoms with van der Waals surface area (Å²) >= 11 is 7.77. The van der Waals surface area contributed by atoms with Gasteiger partial charge < -0.3 is 14.2 Å². The van der Waals surface area contributed by atoms with E-state index in [2.05, 4.69) is 10.1 Å². The summed E-state index contributed by atoms with van der Waals surface area (Å²) in [7, 11) is 1.56. The molecule has 0 saturated carbocycles. The lowest BCUT2D eigenvalue weighted by Gasteiger charge is -2.17. The fraction of sp³-hybridized carbons (Fsp3) is 0.400. The van der Waals surface area contributed by atoms with E-state index in [1.54, 1.807) is 35.9 Å². The quantitative estimate of drug-likeness (QED) is 0.822. The van der Waals surface area contributed by atoms with Crippen molar-refractivity contribution in [1.29, 1.82) is 0 Å². The number of ether oxygens (including phenoxy) is 1. The number of amides is 1. The summed E-state index contributed by atoms with van der Waals surface area (Å²) in [6.07, 6.45) is 2.33. The van der Waals surface area contributed by atoms with Crippen molar-refractivity contribution < 1.29 is 14.1 Å². The number of hydrogen-bond acceptors (Lipinski definition) is 6. The molecule has 122 valence electrons. The van der Waals surface area contributed by atoms with Crippen molar-refractivity contribution in [3.05, 3.63) is 34.9 Å². The van der Waals surface area contributed by atoms with Crippen LogP contribution in [0.4, 0.5) is 5.69 Å². The van der Waals surface area contributed by atoms with Crippen LogP contribution < -0.4 is 9.64 Å². The van der Waals surface area contributed by atoms with Gasteiger partial charge in [-0.2, -0.15) is 16.7 Å². The lowest BCUT2D eigenvalue weighted by Crippen LogP contribution is -2.24. The summed E-state index contributed by atoms with van der Waals surface area (Å²) in [5, 5.41) is 4.41. The summed E-state index contributed by atoms with van der Waals surface area (Å²) in [6, 6.07) is 5.30. The second-order valence-electron chi connectivity index (χ2n) is 5.21. The Kier molecular flexibility index (Phi) is 4.77. The van der Waals surface area contributed by atoms with E-state index in [9.17, 15) is 4.79 Å². The maximum absolute atomic E-state index is 12.3. The monoisotopic (exact) mass is 353 g/mol. The van der Waals surface area contributed by atoms with Gasteiger partial charge in [-0.05, 0) is 24.5 Å². The Morgan fingerprint density at radius 2 is 2.35 bits per heavy atom. The summed E-state index contributed by atoms with van der Waals surface area (Å²) < 4.78 is 10.4. The summed E-state index contributed by atoms with van der Waals surface area (Å²) in [5.74, 6) is 2.38. The van der Waals surface area contributed by atoms with Gasteiger partial charge in [-0.1, -0.05) is 16.8 Å². The molecule has 1 fully saturated rings. The summed E-state index contributed by atoms with van der Waals surface area (Å²) in [5.41, 5.74) is 0.743. The first-order valence-electron chi connectivity index (χ1n) is 7.07. The number of carbonyl (C=O) groups is 1. The fourth-order valence-electron chi connectivity index (χ4n) is 2.57. The number of carbonyl (C=O) groups excluding carboxylic acids is 1. The zero-order valence-corrected chi connectivity index (χ0v) is 14.4. The van der Waals surface area contributed by atoms with Crippen molar-refractivity contribution in [2.24, 2.45) is 0 Å². The molecule has 8 heteroatoms. The van der Waals surface area contributed by atoms with Crippen molar-refractivity contribution >= 4 is 35.0 Å². The van der Waals surface area contributed by atoms with Gasteiger partial charge in [0.2, 0.25) is 11.8 Å². The Morgan fingerprint density at radius 1 is 1.52 bits per heavy atom. The number of hydrogen-bond donors (Lipinski definition) is 0. The number of benzene rings is 1. The van der Waals surface area contributed by atoms with E-state index in [-0.39, 0.29) is 11.8 Å². The Balaban J connectivity index is 1.77. The summed E-state index contributed by atoms with van der Waals surface area (Å²) in [6.45, 7) is 0.502. The van der Waals surface area contributed by atoms with E-state index in [1.165, 1.54) is 0 Å². The zero-order chi connectivity index (χ0) is 16.4. The van der Waals surface area contributed by atoms with Gasteiger partial charge in [0.05, 0.1) is 23.8 Å². The summed E-state index contributed by atoms with van der Waals surface area (Å²) in [4.78, 5) is 18.4. The van der Waals surface area contributed by atoms with Crippen molar-refractivity contribution in [2.75, 3.05) is 24.8 Å². The largest absolute Gasteiger partial charge is 0.495 e. The molecule has 0 bridgehead atoms. The Hall–Kier alpha value is -1.73. The van der Waals surface area contributed by atoms with E-state index >= 15 is 0 Å². The number of aromatic nitrogens is 2. The van der Waals surface area contributed by atoms with Crippen LogP contribution in [0.5, 0.6) is 5.75 Å². The molecule has 0 N–H and O–H groups in total. The van der Waals surface area contributed by atoms with Crippen molar-refractivity contribution in [2.45, 2.75) is 18.1 Å². The number of rotatable bonds is 5. The minimum Gasteiger partial charge on any atom is -0.495 e. The topological polar surface area (TPSA) is 68.5 Å². The highest BCUT2D eigenvalue weighted by atomic mass is 35.5. The number of thioether (sulfide) groups is 1. The Bertz CT molecular complexity index is 722. The van der Waals surface area contributed by atoms with Crippen LogP contribution in [-0.4, -0.2) is 36.0 Å². The second kappa shape index (κ2) is 6.80. The van der Waals surface area contributed by atoms with Crippen LogP contribution in [-0.2, 0) is 10.5 Å². The first-order chi connectivity index (χ1) is 11.1. The standard InChI is InChI=1S/C15H16ClN3O3S/c1-21-12-4-3-10(6-11(12)16)19-7-9(5-14(19)20)15-17-13(8-23-2)18-22-15/h3-4,6,9H,5,7-8H2,1-2H3/t9-/m0/s1. The average Bonchev–Trinajstić information content (AvgIpc) is 3.14. The van der Waals surface area contributed by atoms with Crippen molar-refractivity contribution in [1.82, 2.24) is 10.1 Å². The Morgan fingerprint density at radius 3 is 3.04 bits per heavy atom. The molecule has 2 aromatic rings. The van der Waals surface area contributed by atoms with Gasteiger partial charge in [0.25, 0.3) is 0 Å². The molecule has 1 atom stereocenters. The van der Waals surface area contributed by atoms with Gasteiger partial charge in [-0.25, -0.2) is 0 Å². The third-order valence-corrected chi connectivity index (χ3v) is 4.52. The molecular weight excluding hydrogens is 338 g/mol. The van der Waals surface area contributed by atoms with Crippen LogP contribution in [0.3, 0.4) is 0 Å². The van der Waals surface area contributed by atoms with E-state index in [0.29, 0.717) is 41.2 Å². The predicted molar refractivity (Wildman–Crippen MR) is 89.2 cm³/mol. The normalized spacial score (nSPS) is 17.8. The third-order valence-electron chi connectivity index (χ3n) is 3.68. The molecule has 1 aliphatic heterocycles. The maximum Gasteiger partial charge on any atom is 0.232 e. The molecule has 23 heavy (non-hydrogen) atoms. The highest BCUT2D eigenvalue weighted by molar-refractivity contribution is 7.97. The molecule has 1 aliphatic rings. The highest BCUT2D eigenvalue weighted by Gasteiger charge is 2.35. The van der Waals surface area contributed by atoms with Gasteiger partial charge in [-0.3, -0.25) is 4.79 Å². The van der Waals surface area contributed by atoms with Crippen LogP contribution in [0.15, 0.2) is 22.7 Å². The third kappa shape index (κ3) is 3.30. The van der Waals surface area contributed by atoms with Crippen LogP contribution in [0.2, 0.25) is 5.02 Å². The van der Waals surface area contributed by atoms with E-state index < -0.39 is 0 Å². The van der Waals surface area contributed by atoms with E-state index in [0.717, 1.165) is 5.69 Å². The molecule has 0 unspecified atom stereocenters. The highest BCUT2D eigenvalue weighted by Crippen LogP contribution is 2.34. The molecule has 0 spiro atoms. The number of nitrogens with zero attached hydrogens (tertiary/aromatic N) is 3. The fourth-order valence-corrected chi connectivity index (χ4v) is 3.19. The number of halogens is 1. The molecule has 1 aromatic heterocycles. The smallest absolute Gasteiger partial charge is 0.232 e. The molecule has 2 heterocycles. The van der Waals surface area contributed by atoms with E-state index in [1.807, 2.05) is 12.3 Å². The predicted octanol–water partition coefficient (Wildman–Crippen LogP) is 3.12.